The van der Waals surface area contributed by atoms with E-state index >= 15 is 0 Å². The number of halogens is 1. The lowest BCUT2D eigenvalue weighted by molar-refractivity contribution is 0.0186. The van der Waals surface area contributed by atoms with Gasteiger partial charge in [0.1, 0.15) is 5.60 Å². The van der Waals surface area contributed by atoms with Crippen LogP contribution in [0, 0.1) is 13.8 Å². The Balaban J connectivity index is 0.00000312. The zero-order chi connectivity index (χ0) is 17.9. The van der Waals surface area contributed by atoms with Crippen LogP contribution in [0.25, 0.3) is 0 Å². The Labute approximate surface area is 170 Å². The largest absolute Gasteiger partial charge is 0.444 e. The highest BCUT2D eigenvalue weighted by molar-refractivity contribution is 14.0. The molecule has 2 N–H and O–H groups in total. The van der Waals surface area contributed by atoms with Crippen LogP contribution >= 0.6 is 35.3 Å². The van der Waals surface area contributed by atoms with E-state index in [4.69, 9.17) is 10.5 Å². The van der Waals surface area contributed by atoms with Gasteiger partial charge < -0.3 is 20.3 Å². The molecule has 0 aliphatic carbocycles. The Kier molecular flexibility index (Phi) is 7.91. The molecular weight excluding hydrogens is 453 g/mol. The number of hydrogen-bond donors (Lipinski definition) is 1. The van der Waals surface area contributed by atoms with E-state index in [9.17, 15) is 4.79 Å². The van der Waals surface area contributed by atoms with Crippen LogP contribution < -0.4 is 5.73 Å². The van der Waals surface area contributed by atoms with Crippen LogP contribution in [0.3, 0.4) is 0 Å². The van der Waals surface area contributed by atoms with E-state index in [-0.39, 0.29) is 30.1 Å². The van der Waals surface area contributed by atoms with E-state index in [2.05, 4.69) is 9.98 Å². The Morgan fingerprint density at radius 1 is 1.24 bits per heavy atom. The van der Waals surface area contributed by atoms with Crippen molar-refractivity contribution >= 4 is 47.4 Å². The third-order valence-electron chi connectivity index (χ3n) is 3.64. The standard InChI is InChI=1S/C16H27N5O2S.HI/c1-11-13(24-12(2)19-11)10-18-14(17)20-6-8-21(9-7-20)15(22)23-16(3,4)5;/h6-10H2,1-5H3,(H2,17,18);1H. The minimum absolute atomic E-state index is 0. The van der Waals surface area contributed by atoms with Gasteiger partial charge in [0.25, 0.3) is 0 Å². The summed E-state index contributed by atoms with van der Waals surface area (Å²) >= 11 is 1.65. The molecule has 142 valence electrons. The minimum atomic E-state index is -0.473. The summed E-state index contributed by atoms with van der Waals surface area (Å²) in [6.45, 7) is 12.6. The molecule has 1 aliphatic rings. The molecule has 1 aromatic rings. The van der Waals surface area contributed by atoms with Gasteiger partial charge in [-0.25, -0.2) is 14.8 Å². The van der Waals surface area contributed by atoms with Crippen molar-refractivity contribution < 1.29 is 9.53 Å². The lowest BCUT2D eigenvalue weighted by atomic mass is 10.2. The van der Waals surface area contributed by atoms with Gasteiger partial charge in [-0.1, -0.05) is 0 Å². The highest BCUT2D eigenvalue weighted by atomic mass is 127. The molecule has 1 fully saturated rings. The molecule has 0 saturated carbocycles. The van der Waals surface area contributed by atoms with E-state index in [0.717, 1.165) is 15.6 Å². The van der Waals surface area contributed by atoms with Crippen molar-refractivity contribution in [2.75, 3.05) is 26.2 Å². The SMILES string of the molecule is Cc1nc(C)c(CN=C(N)N2CCN(C(=O)OC(C)(C)C)CC2)s1.I. The number of carbonyl (C=O) groups excluding carboxylic acids is 1. The van der Waals surface area contributed by atoms with Gasteiger partial charge in [0, 0.05) is 31.1 Å². The monoisotopic (exact) mass is 481 g/mol. The zero-order valence-corrected chi connectivity index (χ0v) is 18.7. The van der Waals surface area contributed by atoms with Crippen molar-refractivity contribution in [2.45, 2.75) is 46.8 Å². The van der Waals surface area contributed by atoms with E-state index in [1.54, 1.807) is 16.2 Å². The van der Waals surface area contributed by atoms with Gasteiger partial charge in [0.2, 0.25) is 0 Å². The number of nitrogens with zero attached hydrogens (tertiary/aromatic N) is 4. The summed E-state index contributed by atoms with van der Waals surface area (Å²) in [6.07, 6.45) is -0.270. The molecule has 1 saturated heterocycles. The Hall–Kier alpha value is -1.10. The number of thiazole rings is 1. The molecule has 0 bridgehead atoms. The van der Waals surface area contributed by atoms with Crippen molar-refractivity contribution in [3.05, 3.63) is 15.6 Å². The summed E-state index contributed by atoms with van der Waals surface area (Å²) in [5, 5.41) is 1.04. The first-order chi connectivity index (χ1) is 11.2. The summed E-state index contributed by atoms with van der Waals surface area (Å²) < 4.78 is 5.40. The summed E-state index contributed by atoms with van der Waals surface area (Å²) in [6, 6.07) is 0. The van der Waals surface area contributed by atoms with Gasteiger partial charge in [-0.3, -0.25) is 0 Å². The minimum Gasteiger partial charge on any atom is -0.444 e. The summed E-state index contributed by atoms with van der Waals surface area (Å²) in [7, 11) is 0. The molecule has 9 heteroatoms. The molecule has 0 unspecified atom stereocenters. The molecule has 1 aromatic heterocycles. The number of carbonyl (C=O) groups is 1. The second-order valence-electron chi connectivity index (χ2n) is 6.87. The number of piperazine rings is 1. The Morgan fingerprint density at radius 3 is 2.28 bits per heavy atom. The highest BCUT2D eigenvalue weighted by Gasteiger charge is 2.26. The lowest BCUT2D eigenvalue weighted by Crippen LogP contribution is -2.53. The topological polar surface area (TPSA) is 84.0 Å². The third kappa shape index (κ3) is 6.61. The highest BCUT2D eigenvalue weighted by Crippen LogP contribution is 2.18. The van der Waals surface area contributed by atoms with Crippen molar-refractivity contribution in [2.24, 2.45) is 10.7 Å². The Bertz CT molecular complexity index is 619. The first kappa shape index (κ1) is 21.9. The number of ether oxygens (including phenoxy) is 1. The molecule has 0 radical (unpaired) electrons. The molecule has 0 spiro atoms. The number of amides is 1. The normalized spacial score (nSPS) is 15.8. The van der Waals surface area contributed by atoms with E-state index in [0.29, 0.717) is 38.7 Å². The average Bonchev–Trinajstić information content (AvgIpc) is 2.81. The van der Waals surface area contributed by atoms with Crippen LogP contribution in [-0.4, -0.2) is 58.6 Å². The number of aryl methyl sites for hydroxylation is 2. The molecule has 1 aliphatic heterocycles. The van der Waals surface area contributed by atoms with E-state index < -0.39 is 5.60 Å². The van der Waals surface area contributed by atoms with Crippen LogP contribution in [0.4, 0.5) is 4.79 Å². The first-order valence-electron chi connectivity index (χ1n) is 8.11. The van der Waals surface area contributed by atoms with E-state index in [1.165, 1.54) is 0 Å². The molecule has 0 aromatic carbocycles. The maximum atomic E-state index is 12.1. The second kappa shape index (κ2) is 9.02. The molecule has 25 heavy (non-hydrogen) atoms. The molecule has 1 amide bonds. The fourth-order valence-corrected chi connectivity index (χ4v) is 3.28. The van der Waals surface area contributed by atoms with Crippen molar-refractivity contribution in [3.8, 4) is 0 Å². The van der Waals surface area contributed by atoms with Crippen LogP contribution in [-0.2, 0) is 11.3 Å². The number of aromatic nitrogens is 1. The molecular formula is C16H28IN5O2S. The number of aliphatic imine (C=N–C) groups is 1. The summed E-state index contributed by atoms with van der Waals surface area (Å²) in [5.41, 5.74) is 6.65. The van der Waals surface area contributed by atoms with Crippen LogP contribution in [0.2, 0.25) is 0 Å². The van der Waals surface area contributed by atoms with E-state index in [1.807, 2.05) is 39.5 Å². The number of guanidine groups is 1. The predicted molar refractivity (Wildman–Crippen MR) is 112 cm³/mol. The maximum Gasteiger partial charge on any atom is 0.410 e. The van der Waals surface area contributed by atoms with Crippen molar-refractivity contribution in [1.82, 2.24) is 14.8 Å². The van der Waals surface area contributed by atoms with Gasteiger partial charge in [-0.05, 0) is 34.6 Å². The van der Waals surface area contributed by atoms with Crippen LogP contribution in [0.15, 0.2) is 4.99 Å². The van der Waals surface area contributed by atoms with Gasteiger partial charge in [-0.2, -0.15) is 0 Å². The molecule has 7 nitrogen and oxygen atoms in total. The van der Waals surface area contributed by atoms with Crippen LogP contribution in [0.1, 0.15) is 36.3 Å². The van der Waals surface area contributed by atoms with Gasteiger partial charge in [0.05, 0.1) is 17.2 Å². The maximum absolute atomic E-state index is 12.1. The van der Waals surface area contributed by atoms with Crippen molar-refractivity contribution in [1.29, 1.82) is 0 Å². The number of rotatable bonds is 2. The fraction of sp³-hybridized carbons (Fsp3) is 0.688. The van der Waals surface area contributed by atoms with Crippen molar-refractivity contribution in [3.63, 3.8) is 0 Å². The van der Waals surface area contributed by atoms with Gasteiger partial charge in [-0.15, -0.1) is 35.3 Å². The van der Waals surface area contributed by atoms with Gasteiger partial charge >= 0.3 is 6.09 Å². The smallest absolute Gasteiger partial charge is 0.410 e. The average molecular weight is 481 g/mol. The molecule has 2 rings (SSSR count). The summed E-state index contributed by atoms with van der Waals surface area (Å²) in [5.74, 6) is 0.518. The zero-order valence-electron chi connectivity index (χ0n) is 15.5. The number of hydrogen-bond acceptors (Lipinski definition) is 5. The molecule has 0 atom stereocenters. The quantitative estimate of drug-likeness (QED) is 0.399. The predicted octanol–water partition coefficient (Wildman–Crippen LogP) is 2.75. The van der Waals surface area contributed by atoms with Crippen LogP contribution in [0.5, 0.6) is 0 Å². The fourth-order valence-electron chi connectivity index (χ4n) is 2.42. The summed E-state index contributed by atoms with van der Waals surface area (Å²) in [4.78, 5) is 25.8. The Morgan fingerprint density at radius 2 is 1.80 bits per heavy atom. The number of nitrogens with two attached hydrogens (primary N) is 1. The third-order valence-corrected chi connectivity index (χ3v) is 4.70. The molecule has 2 heterocycles. The van der Waals surface area contributed by atoms with Gasteiger partial charge in [0.15, 0.2) is 5.96 Å². The lowest BCUT2D eigenvalue weighted by Gasteiger charge is -2.36. The second-order valence-corrected chi connectivity index (χ2v) is 8.16. The first-order valence-corrected chi connectivity index (χ1v) is 8.93.